The first kappa shape index (κ1) is 7.94. The first-order valence-corrected chi connectivity index (χ1v) is 3.42. The second-order valence-corrected chi connectivity index (χ2v) is 2.36. The predicted molar refractivity (Wildman–Crippen MR) is 37.6 cm³/mol. The van der Waals surface area contributed by atoms with E-state index in [4.69, 9.17) is 9.57 Å². The topological polar surface area (TPSA) is 42.5 Å². The summed E-state index contributed by atoms with van der Waals surface area (Å²) < 4.78 is 5.21. The van der Waals surface area contributed by atoms with Crippen molar-refractivity contribution in [1.29, 1.82) is 0 Å². The number of hydroxylamine groups is 1. The standard InChI is InChI=1S/C6H14N2O2/c1-7-5-3-10-4-6(5)8-9-2/h5-8H,3-4H2,1-2H3. The second kappa shape index (κ2) is 3.88. The van der Waals surface area contributed by atoms with Crippen molar-refractivity contribution in [1.82, 2.24) is 10.8 Å². The molecular formula is C6H14N2O2. The van der Waals surface area contributed by atoms with Crippen LogP contribution >= 0.6 is 0 Å². The van der Waals surface area contributed by atoms with Gasteiger partial charge in [0.05, 0.1) is 32.4 Å². The largest absolute Gasteiger partial charge is 0.378 e. The summed E-state index contributed by atoms with van der Waals surface area (Å²) in [4.78, 5) is 4.79. The zero-order valence-corrected chi connectivity index (χ0v) is 6.39. The molecule has 0 amide bonds. The fourth-order valence-corrected chi connectivity index (χ4v) is 1.11. The van der Waals surface area contributed by atoms with E-state index in [-0.39, 0.29) is 6.04 Å². The number of rotatable bonds is 3. The Labute approximate surface area is 60.8 Å². The molecule has 0 radical (unpaired) electrons. The summed E-state index contributed by atoms with van der Waals surface area (Å²) in [5.41, 5.74) is 2.86. The Morgan fingerprint density at radius 2 is 2.10 bits per heavy atom. The van der Waals surface area contributed by atoms with E-state index in [0.29, 0.717) is 6.04 Å². The lowest BCUT2D eigenvalue weighted by Crippen LogP contribution is -2.45. The van der Waals surface area contributed by atoms with Gasteiger partial charge in [-0.2, -0.15) is 5.48 Å². The zero-order chi connectivity index (χ0) is 7.40. The highest BCUT2D eigenvalue weighted by Gasteiger charge is 2.26. The van der Waals surface area contributed by atoms with Crippen molar-refractivity contribution in [3.63, 3.8) is 0 Å². The summed E-state index contributed by atoms with van der Waals surface area (Å²) in [6, 6.07) is 0.662. The van der Waals surface area contributed by atoms with Gasteiger partial charge in [0, 0.05) is 0 Å². The number of ether oxygens (including phenoxy) is 1. The summed E-state index contributed by atoms with van der Waals surface area (Å²) in [6.45, 7) is 1.48. The van der Waals surface area contributed by atoms with Crippen molar-refractivity contribution >= 4 is 0 Å². The Morgan fingerprint density at radius 1 is 1.40 bits per heavy atom. The van der Waals surface area contributed by atoms with Gasteiger partial charge in [-0.15, -0.1) is 0 Å². The molecule has 60 valence electrons. The summed E-state index contributed by atoms with van der Waals surface area (Å²) in [5.74, 6) is 0. The van der Waals surface area contributed by atoms with E-state index < -0.39 is 0 Å². The van der Waals surface area contributed by atoms with Crippen LogP contribution in [0.1, 0.15) is 0 Å². The lowest BCUT2D eigenvalue weighted by Gasteiger charge is -2.15. The molecule has 4 heteroatoms. The van der Waals surface area contributed by atoms with Crippen LogP contribution in [0.4, 0.5) is 0 Å². The van der Waals surface area contributed by atoms with Gasteiger partial charge in [-0.25, -0.2) is 0 Å². The molecule has 0 aliphatic carbocycles. The number of likely N-dealkylation sites (N-methyl/N-ethyl adjacent to an activating group) is 1. The summed E-state index contributed by atoms with van der Waals surface area (Å²) in [7, 11) is 3.54. The Kier molecular flexibility index (Phi) is 3.08. The minimum atomic E-state index is 0.287. The van der Waals surface area contributed by atoms with Crippen LogP contribution in [0, 0.1) is 0 Å². The smallest absolute Gasteiger partial charge is 0.0731 e. The van der Waals surface area contributed by atoms with Crippen molar-refractivity contribution < 1.29 is 9.57 Å². The molecule has 1 saturated heterocycles. The quantitative estimate of drug-likeness (QED) is 0.508. The van der Waals surface area contributed by atoms with Gasteiger partial charge in [0.25, 0.3) is 0 Å². The van der Waals surface area contributed by atoms with Gasteiger partial charge in [-0.05, 0) is 7.05 Å². The maximum atomic E-state index is 5.21. The fourth-order valence-electron chi connectivity index (χ4n) is 1.11. The van der Waals surface area contributed by atoms with Crippen molar-refractivity contribution in [3.8, 4) is 0 Å². The number of hydrogen-bond acceptors (Lipinski definition) is 4. The molecule has 1 rings (SSSR count). The van der Waals surface area contributed by atoms with Crippen molar-refractivity contribution in [3.05, 3.63) is 0 Å². The van der Waals surface area contributed by atoms with Crippen LogP contribution in [-0.2, 0) is 9.57 Å². The van der Waals surface area contributed by atoms with Gasteiger partial charge >= 0.3 is 0 Å². The molecule has 1 fully saturated rings. The normalized spacial score (nSPS) is 33.0. The van der Waals surface area contributed by atoms with E-state index >= 15 is 0 Å². The van der Waals surface area contributed by atoms with Crippen molar-refractivity contribution in [2.24, 2.45) is 0 Å². The molecule has 1 aliphatic rings. The Hall–Kier alpha value is -0.160. The summed E-state index contributed by atoms with van der Waals surface area (Å²) in [6.07, 6.45) is 0. The van der Waals surface area contributed by atoms with Crippen molar-refractivity contribution in [2.75, 3.05) is 27.4 Å². The predicted octanol–water partition coefficient (Wildman–Crippen LogP) is -0.876. The molecule has 0 aromatic heterocycles. The van der Waals surface area contributed by atoms with Gasteiger partial charge in [-0.3, -0.25) is 0 Å². The third kappa shape index (κ3) is 1.67. The van der Waals surface area contributed by atoms with Gasteiger partial charge < -0.3 is 14.9 Å². The van der Waals surface area contributed by atoms with Gasteiger partial charge in [0.2, 0.25) is 0 Å². The number of hydrogen-bond donors (Lipinski definition) is 2. The molecular weight excluding hydrogens is 132 g/mol. The minimum absolute atomic E-state index is 0.287. The molecule has 0 bridgehead atoms. The fraction of sp³-hybridized carbons (Fsp3) is 1.00. The van der Waals surface area contributed by atoms with Crippen LogP contribution < -0.4 is 10.8 Å². The Balaban J connectivity index is 2.27. The maximum Gasteiger partial charge on any atom is 0.0731 e. The monoisotopic (exact) mass is 146 g/mol. The molecule has 0 spiro atoms. The van der Waals surface area contributed by atoms with Crippen LogP contribution in [0.15, 0.2) is 0 Å². The van der Waals surface area contributed by atoms with E-state index in [1.54, 1.807) is 7.11 Å². The highest BCUT2D eigenvalue weighted by molar-refractivity contribution is 4.83. The summed E-state index contributed by atoms with van der Waals surface area (Å²) >= 11 is 0. The van der Waals surface area contributed by atoms with Crippen molar-refractivity contribution in [2.45, 2.75) is 12.1 Å². The maximum absolute atomic E-state index is 5.21. The molecule has 1 heterocycles. The van der Waals surface area contributed by atoms with E-state index in [1.165, 1.54) is 0 Å². The SMILES string of the molecule is CNC1COCC1NOC. The molecule has 2 unspecified atom stereocenters. The molecule has 2 N–H and O–H groups in total. The van der Waals surface area contributed by atoms with E-state index in [2.05, 4.69) is 10.8 Å². The van der Waals surface area contributed by atoms with Gasteiger partial charge in [-0.1, -0.05) is 0 Å². The Bertz CT molecular complexity index is 99.7. The molecule has 1 aliphatic heterocycles. The van der Waals surface area contributed by atoms with Crippen LogP contribution in [-0.4, -0.2) is 39.5 Å². The first-order chi connectivity index (χ1) is 4.88. The highest BCUT2D eigenvalue weighted by atomic mass is 16.6. The van der Waals surface area contributed by atoms with Gasteiger partial charge in [0.1, 0.15) is 0 Å². The third-order valence-electron chi connectivity index (χ3n) is 1.72. The first-order valence-electron chi connectivity index (χ1n) is 3.42. The minimum Gasteiger partial charge on any atom is -0.378 e. The molecule has 2 atom stereocenters. The van der Waals surface area contributed by atoms with E-state index in [9.17, 15) is 0 Å². The average Bonchev–Trinajstić information content (AvgIpc) is 2.36. The Morgan fingerprint density at radius 3 is 2.70 bits per heavy atom. The molecule has 10 heavy (non-hydrogen) atoms. The lowest BCUT2D eigenvalue weighted by molar-refractivity contribution is 0.0513. The lowest BCUT2D eigenvalue weighted by atomic mass is 10.2. The van der Waals surface area contributed by atoms with Crippen LogP contribution in [0.25, 0.3) is 0 Å². The van der Waals surface area contributed by atoms with E-state index in [1.807, 2.05) is 7.05 Å². The van der Waals surface area contributed by atoms with Crippen LogP contribution in [0.2, 0.25) is 0 Å². The van der Waals surface area contributed by atoms with Crippen LogP contribution in [0.5, 0.6) is 0 Å². The molecule has 0 saturated carbocycles. The zero-order valence-electron chi connectivity index (χ0n) is 6.39. The second-order valence-electron chi connectivity index (χ2n) is 2.36. The van der Waals surface area contributed by atoms with Crippen LogP contribution in [0.3, 0.4) is 0 Å². The average molecular weight is 146 g/mol. The highest BCUT2D eigenvalue weighted by Crippen LogP contribution is 2.03. The summed E-state index contributed by atoms with van der Waals surface area (Å²) in [5, 5.41) is 3.13. The number of nitrogens with one attached hydrogen (secondary N) is 2. The van der Waals surface area contributed by atoms with E-state index in [0.717, 1.165) is 13.2 Å². The third-order valence-corrected chi connectivity index (χ3v) is 1.72. The molecule has 0 aromatic carbocycles. The molecule has 0 aromatic rings. The molecule has 4 nitrogen and oxygen atoms in total. The van der Waals surface area contributed by atoms with Gasteiger partial charge in [0.15, 0.2) is 0 Å².